The second-order valence-electron chi connectivity index (χ2n) is 7.93. The molecule has 3 aliphatic rings. The first-order valence-electron chi connectivity index (χ1n) is 9.58. The number of amides is 1. The zero-order valence-corrected chi connectivity index (χ0v) is 16.4. The number of fused-ring (bicyclic) bond motifs is 2. The molecule has 2 aliphatic heterocycles. The molecule has 3 aromatic heterocycles. The fourth-order valence-electron chi connectivity index (χ4n) is 4.37. The molecule has 0 unspecified atom stereocenters. The minimum absolute atomic E-state index is 0.134. The van der Waals surface area contributed by atoms with Crippen LogP contribution in [0.2, 0.25) is 0 Å². The van der Waals surface area contributed by atoms with E-state index < -0.39 is 30.3 Å². The van der Waals surface area contributed by atoms with Crippen molar-refractivity contribution in [3.05, 3.63) is 47.7 Å². The van der Waals surface area contributed by atoms with Crippen molar-refractivity contribution in [2.75, 3.05) is 25.7 Å². The number of pyridine rings is 1. The third-order valence-corrected chi connectivity index (χ3v) is 5.83. The van der Waals surface area contributed by atoms with Crippen LogP contribution in [0.15, 0.2) is 30.6 Å². The summed E-state index contributed by atoms with van der Waals surface area (Å²) in [5.41, 5.74) is -0.514. The number of methoxy groups -OCH3 is 1. The SMILES string of the molecule is COc1nc(NC(=O)c2cccc(C(F)F)n2)cn2cc(C34COC(CF)(C3)C4)nc12. The quantitative estimate of drug-likeness (QED) is 0.643. The van der Waals surface area contributed by atoms with Crippen LogP contribution in [0.4, 0.5) is 19.0 Å². The maximum absolute atomic E-state index is 13.2. The van der Waals surface area contributed by atoms with Gasteiger partial charge in [-0.05, 0) is 25.0 Å². The molecular formula is C20H18F3N5O3. The standard InChI is InChI=1S/C20H18F3N5O3/c1-30-18-16-25-13(19-7-20(8-19,9-21)31-10-19)5-28(16)6-14(27-18)26-17(29)12-4-2-3-11(24-12)15(22)23/h2-6,15H,7-10H2,1H3,(H,26,29). The molecule has 8 nitrogen and oxygen atoms in total. The summed E-state index contributed by atoms with van der Waals surface area (Å²) in [5, 5.41) is 2.54. The molecule has 6 rings (SSSR count). The Balaban J connectivity index is 1.44. The zero-order valence-electron chi connectivity index (χ0n) is 16.4. The molecule has 3 fully saturated rings. The van der Waals surface area contributed by atoms with Crippen LogP contribution < -0.4 is 10.1 Å². The molecule has 5 heterocycles. The van der Waals surface area contributed by atoms with E-state index in [1.807, 2.05) is 0 Å². The highest BCUT2D eigenvalue weighted by Crippen LogP contribution is 2.58. The molecule has 31 heavy (non-hydrogen) atoms. The Labute approximate surface area is 174 Å². The summed E-state index contributed by atoms with van der Waals surface area (Å²) < 4.78 is 51.6. The fraction of sp³-hybridized carbons (Fsp3) is 0.400. The first kappa shape index (κ1) is 19.7. The Bertz CT molecular complexity index is 1180. The number of aromatic nitrogens is 4. The van der Waals surface area contributed by atoms with Crippen LogP contribution in [0.25, 0.3) is 5.65 Å². The predicted octanol–water partition coefficient (Wildman–Crippen LogP) is 3.09. The third-order valence-electron chi connectivity index (χ3n) is 5.83. The van der Waals surface area contributed by atoms with Gasteiger partial charge in [0.2, 0.25) is 5.65 Å². The molecule has 11 heteroatoms. The van der Waals surface area contributed by atoms with Gasteiger partial charge in [-0.2, -0.15) is 4.98 Å². The molecule has 1 saturated carbocycles. The van der Waals surface area contributed by atoms with Crippen LogP contribution in [-0.4, -0.2) is 51.3 Å². The molecule has 0 radical (unpaired) electrons. The second kappa shape index (κ2) is 6.91. The summed E-state index contributed by atoms with van der Waals surface area (Å²) >= 11 is 0. The molecule has 1 amide bonds. The predicted molar refractivity (Wildman–Crippen MR) is 102 cm³/mol. The number of hydrogen-bond acceptors (Lipinski definition) is 6. The number of anilines is 1. The van der Waals surface area contributed by atoms with Crippen molar-refractivity contribution in [3.63, 3.8) is 0 Å². The molecule has 3 aromatic rings. The number of alkyl halides is 3. The fourth-order valence-corrected chi connectivity index (χ4v) is 4.37. The molecule has 1 N–H and O–H groups in total. The van der Waals surface area contributed by atoms with Gasteiger partial charge in [0, 0.05) is 11.6 Å². The third kappa shape index (κ3) is 3.11. The number of hydrogen-bond donors (Lipinski definition) is 1. The highest BCUT2D eigenvalue weighted by Gasteiger charge is 2.64. The maximum Gasteiger partial charge on any atom is 0.280 e. The van der Waals surface area contributed by atoms with Crippen LogP contribution in [0.3, 0.4) is 0 Å². The largest absolute Gasteiger partial charge is 0.478 e. The van der Waals surface area contributed by atoms with Gasteiger partial charge in [-0.1, -0.05) is 6.07 Å². The van der Waals surface area contributed by atoms with E-state index in [9.17, 15) is 18.0 Å². The van der Waals surface area contributed by atoms with Gasteiger partial charge in [-0.15, -0.1) is 0 Å². The second-order valence-corrected chi connectivity index (χ2v) is 7.93. The Morgan fingerprint density at radius 1 is 1.29 bits per heavy atom. The first-order chi connectivity index (χ1) is 14.9. The van der Waals surface area contributed by atoms with E-state index in [4.69, 9.17) is 9.47 Å². The zero-order chi connectivity index (χ0) is 21.8. The van der Waals surface area contributed by atoms with Gasteiger partial charge in [0.25, 0.3) is 18.2 Å². The molecule has 0 aromatic carbocycles. The van der Waals surface area contributed by atoms with E-state index in [0.717, 1.165) is 11.8 Å². The number of halogens is 3. The summed E-state index contributed by atoms with van der Waals surface area (Å²) in [7, 11) is 1.42. The van der Waals surface area contributed by atoms with E-state index in [0.29, 0.717) is 25.1 Å². The Morgan fingerprint density at radius 3 is 2.77 bits per heavy atom. The number of nitrogens with one attached hydrogen (secondary N) is 1. The molecule has 2 saturated heterocycles. The average Bonchev–Trinajstić information content (AvgIpc) is 3.44. The van der Waals surface area contributed by atoms with Crippen molar-refractivity contribution in [3.8, 4) is 5.88 Å². The van der Waals surface area contributed by atoms with Crippen LogP contribution in [0.5, 0.6) is 5.88 Å². The summed E-state index contributed by atoms with van der Waals surface area (Å²) in [6.07, 6.45) is 1.66. The van der Waals surface area contributed by atoms with Crippen molar-refractivity contribution in [1.29, 1.82) is 0 Å². The summed E-state index contributed by atoms with van der Waals surface area (Å²) in [6, 6.07) is 3.81. The Hall–Kier alpha value is -3.21. The summed E-state index contributed by atoms with van der Waals surface area (Å²) in [6.45, 7) is -0.129. The first-order valence-corrected chi connectivity index (χ1v) is 9.58. The molecule has 0 atom stereocenters. The van der Waals surface area contributed by atoms with Crippen LogP contribution in [0.1, 0.15) is 41.1 Å². The van der Waals surface area contributed by atoms with Crippen molar-refractivity contribution < 1.29 is 27.4 Å². The Morgan fingerprint density at radius 2 is 2.10 bits per heavy atom. The van der Waals surface area contributed by atoms with Gasteiger partial charge in [-0.3, -0.25) is 9.20 Å². The van der Waals surface area contributed by atoms with Crippen LogP contribution >= 0.6 is 0 Å². The van der Waals surface area contributed by atoms with Gasteiger partial charge in [0.15, 0.2) is 5.82 Å². The summed E-state index contributed by atoms with van der Waals surface area (Å²) in [5.74, 6) is -0.384. The normalized spacial score (nSPS) is 24.4. The van der Waals surface area contributed by atoms with Crippen LogP contribution in [0, 0.1) is 0 Å². The summed E-state index contributed by atoms with van der Waals surface area (Å²) in [4.78, 5) is 25.0. The lowest BCUT2D eigenvalue weighted by Gasteiger charge is -2.41. The number of nitrogens with zero attached hydrogens (tertiary/aromatic N) is 4. The van der Waals surface area contributed by atoms with E-state index >= 15 is 0 Å². The van der Waals surface area contributed by atoms with Crippen molar-refractivity contribution in [1.82, 2.24) is 19.4 Å². The average molecular weight is 433 g/mol. The highest BCUT2D eigenvalue weighted by molar-refractivity contribution is 6.02. The van der Waals surface area contributed by atoms with Gasteiger partial charge in [0.1, 0.15) is 18.1 Å². The van der Waals surface area contributed by atoms with Gasteiger partial charge in [0.05, 0.1) is 31.2 Å². The van der Waals surface area contributed by atoms with Gasteiger partial charge < -0.3 is 14.8 Å². The lowest BCUT2D eigenvalue weighted by atomic mass is 9.61. The number of imidazole rings is 1. The molecule has 2 bridgehead atoms. The monoisotopic (exact) mass is 433 g/mol. The van der Waals surface area contributed by atoms with E-state index in [1.165, 1.54) is 25.4 Å². The number of carbonyl (C=O) groups excluding carboxylic acids is 1. The number of carbonyl (C=O) groups is 1. The lowest BCUT2D eigenvalue weighted by Crippen LogP contribution is -2.48. The minimum atomic E-state index is -2.78. The number of rotatable bonds is 6. The van der Waals surface area contributed by atoms with Crippen molar-refractivity contribution in [2.45, 2.75) is 30.3 Å². The number of ether oxygens (including phenoxy) is 2. The van der Waals surface area contributed by atoms with Crippen LogP contribution in [-0.2, 0) is 10.2 Å². The van der Waals surface area contributed by atoms with E-state index in [2.05, 4.69) is 20.3 Å². The molecule has 1 aliphatic carbocycles. The maximum atomic E-state index is 13.2. The van der Waals surface area contributed by atoms with Gasteiger partial charge in [-0.25, -0.2) is 23.1 Å². The van der Waals surface area contributed by atoms with Gasteiger partial charge >= 0.3 is 0 Å². The molecule has 162 valence electrons. The topological polar surface area (TPSA) is 90.6 Å². The van der Waals surface area contributed by atoms with Crippen molar-refractivity contribution in [2.24, 2.45) is 0 Å². The molecule has 0 spiro atoms. The van der Waals surface area contributed by atoms with E-state index in [1.54, 1.807) is 10.6 Å². The van der Waals surface area contributed by atoms with E-state index in [-0.39, 0.29) is 22.8 Å². The molecular weight excluding hydrogens is 415 g/mol. The van der Waals surface area contributed by atoms with Crippen molar-refractivity contribution >= 4 is 17.4 Å². The lowest BCUT2D eigenvalue weighted by molar-refractivity contribution is -0.0235. The Kier molecular flexibility index (Phi) is 4.40. The smallest absolute Gasteiger partial charge is 0.280 e. The highest BCUT2D eigenvalue weighted by atomic mass is 19.3. The minimum Gasteiger partial charge on any atom is -0.478 e.